The van der Waals surface area contributed by atoms with Gasteiger partial charge < -0.3 is 4.74 Å². The quantitative estimate of drug-likeness (QED) is 0.782. The van der Waals surface area contributed by atoms with Crippen molar-refractivity contribution in [1.29, 1.82) is 0 Å². The van der Waals surface area contributed by atoms with Crippen LogP contribution in [-0.2, 0) is 4.74 Å². The lowest BCUT2D eigenvalue weighted by Crippen LogP contribution is -2.43. The summed E-state index contributed by atoms with van der Waals surface area (Å²) in [6.45, 7) is 9.14. The van der Waals surface area contributed by atoms with E-state index < -0.39 is 0 Å². The number of likely N-dealkylation sites (tertiary alicyclic amines) is 1. The number of amides is 1. The fourth-order valence-corrected chi connectivity index (χ4v) is 2.64. The second kappa shape index (κ2) is 7.32. The van der Waals surface area contributed by atoms with E-state index in [-0.39, 0.29) is 11.6 Å². The Labute approximate surface area is 138 Å². The highest BCUT2D eigenvalue weighted by Crippen LogP contribution is 2.34. The first-order valence-corrected chi connectivity index (χ1v) is 8.04. The summed E-state index contributed by atoms with van der Waals surface area (Å²) in [7, 11) is 0. The first kappa shape index (κ1) is 17.1. The van der Waals surface area contributed by atoms with Gasteiger partial charge in [-0.15, -0.1) is 0 Å². The Kier molecular flexibility index (Phi) is 5.44. The molecule has 23 heavy (non-hydrogen) atoms. The summed E-state index contributed by atoms with van der Waals surface area (Å²) in [5.74, 6) is 6.13. The molecule has 0 radical (unpaired) electrons. The van der Waals surface area contributed by atoms with Crippen LogP contribution in [0.4, 0.5) is 4.79 Å². The number of nitrogens with zero attached hydrogens (tertiary/aromatic N) is 2. The Morgan fingerprint density at radius 1 is 1.48 bits per heavy atom. The van der Waals surface area contributed by atoms with Gasteiger partial charge in [0.15, 0.2) is 0 Å². The average Bonchev–Trinajstić information content (AvgIpc) is 2.80. The Morgan fingerprint density at radius 2 is 2.26 bits per heavy atom. The molecule has 4 nitrogen and oxygen atoms in total. The zero-order chi connectivity index (χ0) is 16.9. The molecule has 0 N–H and O–H groups in total. The van der Waals surface area contributed by atoms with Crippen molar-refractivity contribution < 1.29 is 9.53 Å². The molecule has 0 aromatic carbocycles. The number of pyridine rings is 1. The Balaban J connectivity index is 2.11. The minimum absolute atomic E-state index is 0.242. The first-order chi connectivity index (χ1) is 10.9. The molecular weight excluding hydrogens is 288 g/mol. The van der Waals surface area contributed by atoms with Gasteiger partial charge in [0, 0.05) is 12.2 Å². The van der Waals surface area contributed by atoms with Crippen molar-refractivity contribution in [2.24, 2.45) is 0 Å². The maximum atomic E-state index is 12.1. The third kappa shape index (κ3) is 4.13. The lowest BCUT2D eigenvalue weighted by atomic mass is 9.95. The van der Waals surface area contributed by atoms with Crippen LogP contribution >= 0.6 is 0 Å². The van der Waals surface area contributed by atoms with Crippen LogP contribution in [0.2, 0.25) is 0 Å². The molecule has 0 aliphatic carbocycles. The van der Waals surface area contributed by atoms with Crippen molar-refractivity contribution in [3.63, 3.8) is 0 Å². The van der Waals surface area contributed by atoms with Crippen LogP contribution in [0.1, 0.15) is 45.0 Å². The van der Waals surface area contributed by atoms with Gasteiger partial charge in [-0.2, -0.15) is 0 Å². The lowest BCUT2D eigenvalue weighted by molar-refractivity contribution is 0.0860. The van der Waals surface area contributed by atoms with Crippen LogP contribution in [0, 0.1) is 18.8 Å². The smallest absolute Gasteiger partial charge is 0.410 e. The normalized spacial score (nSPS) is 17.7. The molecule has 0 spiro atoms. The number of allylic oxidation sites excluding steroid dienone is 1. The molecule has 1 aliphatic rings. The number of hydrogen-bond acceptors (Lipinski definition) is 3. The molecule has 4 heteroatoms. The summed E-state index contributed by atoms with van der Waals surface area (Å²) in [6.07, 6.45) is 3.33. The SMILES string of the molecule is CCCOC(=O)N1CC/C(=C\C#Cc2cccc(C)n2)C1(C)C. The second-order valence-corrected chi connectivity index (χ2v) is 6.18. The zero-order valence-electron chi connectivity index (χ0n) is 14.3. The number of carbonyl (C=O) groups is 1. The molecule has 0 saturated carbocycles. The van der Waals surface area contributed by atoms with Crippen molar-refractivity contribution in [2.75, 3.05) is 13.2 Å². The van der Waals surface area contributed by atoms with E-state index in [1.165, 1.54) is 0 Å². The molecule has 1 aromatic rings. The average molecular weight is 312 g/mol. The van der Waals surface area contributed by atoms with Crippen molar-refractivity contribution in [3.05, 3.63) is 41.2 Å². The van der Waals surface area contributed by atoms with Crippen LogP contribution in [0.25, 0.3) is 0 Å². The van der Waals surface area contributed by atoms with E-state index in [1.54, 1.807) is 4.90 Å². The van der Waals surface area contributed by atoms with Gasteiger partial charge in [-0.05, 0) is 63.3 Å². The summed E-state index contributed by atoms with van der Waals surface area (Å²) < 4.78 is 5.26. The highest BCUT2D eigenvalue weighted by atomic mass is 16.6. The molecule has 1 saturated heterocycles. The Hall–Kier alpha value is -2.28. The van der Waals surface area contributed by atoms with E-state index in [2.05, 4.69) is 16.8 Å². The van der Waals surface area contributed by atoms with E-state index in [0.717, 1.165) is 29.8 Å². The predicted molar refractivity (Wildman–Crippen MR) is 91.0 cm³/mol. The fourth-order valence-electron chi connectivity index (χ4n) is 2.64. The van der Waals surface area contributed by atoms with Gasteiger partial charge in [-0.1, -0.05) is 18.9 Å². The Bertz CT molecular complexity index is 665. The van der Waals surface area contributed by atoms with Crippen molar-refractivity contribution in [1.82, 2.24) is 9.88 Å². The third-order valence-corrected chi connectivity index (χ3v) is 4.05. The minimum atomic E-state index is -0.362. The van der Waals surface area contributed by atoms with Crippen LogP contribution in [0.15, 0.2) is 29.8 Å². The molecule has 1 aliphatic heterocycles. The van der Waals surface area contributed by atoms with Gasteiger partial charge in [-0.3, -0.25) is 4.90 Å². The van der Waals surface area contributed by atoms with E-state index in [1.807, 2.05) is 52.0 Å². The van der Waals surface area contributed by atoms with Crippen molar-refractivity contribution in [2.45, 2.75) is 46.1 Å². The largest absolute Gasteiger partial charge is 0.449 e. The molecule has 0 unspecified atom stereocenters. The monoisotopic (exact) mass is 312 g/mol. The summed E-state index contributed by atoms with van der Waals surface area (Å²) in [6, 6.07) is 5.79. The summed E-state index contributed by atoms with van der Waals surface area (Å²) in [4.78, 5) is 18.3. The molecular formula is C19H24N2O2. The van der Waals surface area contributed by atoms with Gasteiger partial charge in [0.2, 0.25) is 0 Å². The minimum Gasteiger partial charge on any atom is -0.449 e. The molecule has 2 heterocycles. The third-order valence-electron chi connectivity index (χ3n) is 4.05. The summed E-state index contributed by atoms with van der Waals surface area (Å²) in [5.41, 5.74) is 2.50. The lowest BCUT2D eigenvalue weighted by Gasteiger charge is -2.31. The van der Waals surface area contributed by atoms with Gasteiger partial charge in [0.1, 0.15) is 5.69 Å². The number of aryl methyl sites for hydroxylation is 1. The molecule has 1 amide bonds. The van der Waals surface area contributed by atoms with E-state index >= 15 is 0 Å². The van der Waals surface area contributed by atoms with E-state index in [9.17, 15) is 4.79 Å². The first-order valence-electron chi connectivity index (χ1n) is 8.04. The van der Waals surface area contributed by atoms with Gasteiger partial charge in [0.05, 0.1) is 12.1 Å². The number of hydrogen-bond donors (Lipinski definition) is 0. The van der Waals surface area contributed by atoms with Gasteiger partial charge >= 0.3 is 6.09 Å². The number of ether oxygens (including phenoxy) is 1. The van der Waals surface area contributed by atoms with Crippen molar-refractivity contribution in [3.8, 4) is 11.8 Å². The molecule has 1 fully saturated rings. The maximum absolute atomic E-state index is 12.1. The molecule has 0 atom stereocenters. The van der Waals surface area contributed by atoms with Crippen LogP contribution in [-0.4, -0.2) is 34.7 Å². The second-order valence-electron chi connectivity index (χ2n) is 6.18. The van der Waals surface area contributed by atoms with Crippen LogP contribution in [0.3, 0.4) is 0 Å². The zero-order valence-corrected chi connectivity index (χ0v) is 14.3. The predicted octanol–water partition coefficient (Wildman–Crippen LogP) is 3.70. The topological polar surface area (TPSA) is 42.4 Å². The standard InChI is InChI=1S/C19H24N2O2/c1-5-14-23-18(22)21-13-12-16(19(21,3)4)9-7-11-17-10-6-8-15(2)20-17/h6,8-10H,5,12-14H2,1-4H3/b16-9+. The summed E-state index contributed by atoms with van der Waals surface area (Å²) in [5, 5.41) is 0. The van der Waals surface area contributed by atoms with Gasteiger partial charge in [0.25, 0.3) is 0 Å². The molecule has 0 bridgehead atoms. The highest BCUT2D eigenvalue weighted by Gasteiger charge is 2.40. The van der Waals surface area contributed by atoms with Gasteiger partial charge in [-0.25, -0.2) is 9.78 Å². The molecule has 122 valence electrons. The molecule has 1 aromatic heterocycles. The maximum Gasteiger partial charge on any atom is 0.410 e. The fraction of sp³-hybridized carbons (Fsp3) is 0.474. The highest BCUT2D eigenvalue weighted by molar-refractivity contribution is 5.70. The van der Waals surface area contributed by atoms with Crippen LogP contribution < -0.4 is 0 Å². The summed E-state index contributed by atoms with van der Waals surface area (Å²) >= 11 is 0. The van der Waals surface area contributed by atoms with E-state index in [0.29, 0.717) is 13.2 Å². The molecule has 2 rings (SSSR count). The van der Waals surface area contributed by atoms with E-state index in [4.69, 9.17) is 4.74 Å². The Morgan fingerprint density at radius 3 is 2.96 bits per heavy atom. The van der Waals surface area contributed by atoms with Crippen molar-refractivity contribution >= 4 is 6.09 Å². The number of carbonyl (C=O) groups excluding carboxylic acids is 1. The number of rotatable bonds is 2. The number of aromatic nitrogens is 1. The van der Waals surface area contributed by atoms with Crippen LogP contribution in [0.5, 0.6) is 0 Å².